The fourth-order valence-corrected chi connectivity index (χ4v) is 1.56. The Hall–Kier alpha value is -2.11. The van der Waals surface area contributed by atoms with Crippen LogP contribution in [0.1, 0.15) is 6.92 Å². The van der Waals surface area contributed by atoms with Gasteiger partial charge in [0, 0.05) is 37.9 Å². The van der Waals surface area contributed by atoms with Gasteiger partial charge in [-0.3, -0.25) is 9.48 Å². The Kier molecular flexibility index (Phi) is 3.22. The summed E-state index contributed by atoms with van der Waals surface area (Å²) in [6.45, 7) is 2.67. The second-order valence-corrected chi connectivity index (χ2v) is 3.97. The molecule has 0 radical (unpaired) electrons. The summed E-state index contributed by atoms with van der Waals surface area (Å²) in [6.07, 6.45) is 6.84. The zero-order valence-electron chi connectivity index (χ0n) is 9.87. The molecule has 0 spiro atoms. The Morgan fingerprint density at radius 2 is 2.24 bits per heavy atom. The third-order valence-corrected chi connectivity index (χ3v) is 2.42. The number of anilines is 1. The van der Waals surface area contributed by atoms with Gasteiger partial charge in [-0.05, 0) is 13.0 Å². The molecule has 6 nitrogen and oxygen atoms in total. The molecule has 0 aliphatic carbocycles. The van der Waals surface area contributed by atoms with Gasteiger partial charge < -0.3 is 9.88 Å². The third kappa shape index (κ3) is 2.72. The third-order valence-electron chi connectivity index (χ3n) is 2.42. The molecule has 0 saturated carbocycles. The standard InChI is InChI=1S/C11H15N5O/c1-9(8-16-6-3-4-13-16)14-10-11(17)15(2)7-5-12-10/h3-7,9H,8H2,1-2H3,(H,12,14). The van der Waals surface area contributed by atoms with Crippen LogP contribution in [0, 0.1) is 0 Å². The minimum absolute atomic E-state index is 0.0810. The lowest BCUT2D eigenvalue weighted by Gasteiger charge is -2.14. The van der Waals surface area contributed by atoms with E-state index in [-0.39, 0.29) is 11.6 Å². The molecule has 0 aliphatic heterocycles. The zero-order chi connectivity index (χ0) is 12.3. The summed E-state index contributed by atoms with van der Waals surface area (Å²) >= 11 is 0. The molecule has 0 bridgehead atoms. The molecule has 17 heavy (non-hydrogen) atoms. The largest absolute Gasteiger partial charge is 0.361 e. The average Bonchev–Trinajstić information content (AvgIpc) is 2.77. The van der Waals surface area contributed by atoms with E-state index >= 15 is 0 Å². The number of hydrogen-bond acceptors (Lipinski definition) is 4. The summed E-state index contributed by atoms with van der Waals surface area (Å²) in [5.74, 6) is 0.370. The molecule has 6 heteroatoms. The van der Waals surface area contributed by atoms with Crippen molar-refractivity contribution in [2.75, 3.05) is 5.32 Å². The van der Waals surface area contributed by atoms with Crippen molar-refractivity contribution in [2.45, 2.75) is 19.5 Å². The van der Waals surface area contributed by atoms with Crippen molar-refractivity contribution in [1.82, 2.24) is 19.3 Å². The first-order chi connectivity index (χ1) is 8.16. The van der Waals surface area contributed by atoms with Gasteiger partial charge >= 0.3 is 0 Å². The molecule has 2 heterocycles. The highest BCUT2D eigenvalue weighted by Gasteiger charge is 2.07. The fourth-order valence-electron chi connectivity index (χ4n) is 1.56. The first-order valence-electron chi connectivity index (χ1n) is 5.42. The summed E-state index contributed by atoms with van der Waals surface area (Å²) in [7, 11) is 1.70. The van der Waals surface area contributed by atoms with Gasteiger partial charge in [-0.15, -0.1) is 0 Å². The maximum atomic E-state index is 11.7. The van der Waals surface area contributed by atoms with Crippen LogP contribution < -0.4 is 10.9 Å². The predicted molar refractivity (Wildman–Crippen MR) is 64.8 cm³/mol. The number of rotatable bonds is 4. The van der Waals surface area contributed by atoms with Crippen LogP contribution in [0.3, 0.4) is 0 Å². The van der Waals surface area contributed by atoms with E-state index in [9.17, 15) is 4.79 Å². The maximum absolute atomic E-state index is 11.7. The minimum atomic E-state index is -0.125. The van der Waals surface area contributed by atoms with E-state index in [1.54, 1.807) is 25.6 Å². The Balaban J connectivity index is 2.05. The maximum Gasteiger partial charge on any atom is 0.293 e. The first kappa shape index (κ1) is 11.4. The molecule has 2 rings (SSSR count). The van der Waals surface area contributed by atoms with Crippen molar-refractivity contribution < 1.29 is 0 Å². The van der Waals surface area contributed by atoms with Crippen LogP contribution in [0.15, 0.2) is 35.6 Å². The quantitative estimate of drug-likeness (QED) is 0.834. The second-order valence-electron chi connectivity index (χ2n) is 3.97. The van der Waals surface area contributed by atoms with Crippen molar-refractivity contribution in [2.24, 2.45) is 7.05 Å². The summed E-state index contributed by atoms with van der Waals surface area (Å²) in [4.78, 5) is 15.8. The lowest BCUT2D eigenvalue weighted by molar-refractivity contribution is 0.558. The monoisotopic (exact) mass is 233 g/mol. The fraction of sp³-hybridized carbons (Fsp3) is 0.364. The SMILES string of the molecule is CC(Cn1cccn1)Nc1nccn(C)c1=O. The van der Waals surface area contributed by atoms with Gasteiger partial charge in [-0.1, -0.05) is 0 Å². The molecule has 90 valence electrons. The van der Waals surface area contributed by atoms with Crippen molar-refractivity contribution in [3.63, 3.8) is 0 Å². The van der Waals surface area contributed by atoms with Crippen molar-refractivity contribution >= 4 is 5.82 Å². The number of nitrogens with one attached hydrogen (secondary N) is 1. The Labute approximate surface area is 98.9 Å². The molecule has 1 unspecified atom stereocenters. The molecule has 0 aromatic carbocycles. The van der Waals surface area contributed by atoms with E-state index < -0.39 is 0 Å². The molecule has 2 aromatic rings. The van der Waals surface area contributed by atoms with Crippen molar-refractivity contribution in [3.8, 4) is 0 Å². The van der Waals surface area contributed by atoms with Crippen molar-refractivity contribution in [1.29, 1.82) is 0 Å². The van der Waals surface area contributed by atoms with Crippen LogP contribution in [-0.4, -0.2) is 25.4 Å². The number of hydrogen-bond donors (Lipinski definition) is 1. The lowest BCUT2D eigenvalue weighted by Crippen LogP contribution is -2.29. The highest BCUT2D eigenvalue weighted by Crippen LogP contribution is 1.98. The Morgan fingerprint density at radius 1 is 1.41 bits per heavy atom. The van der Waals surface area contributed by atoms with Crippen LogP contribution in [-0.2, 0) is 13.6 Å². The number of nitrogens with zero attached hydrogens (tertiary/aromatic N) is 4. The summed E-state index contributed by atoms with van der Waals surface area (Å²) in [6, 6.07) is 1.95. The van der Waals surface area contributed by atoms with Gasteiger partial charge in [-0.2, -0.15) is 5.10 Å². The van der Waals surface area contributed by atoms with Crippen molar-refractivity contribution in [3.05, 3.63) is 41.2 Å². The van der Waals surface area contributed by atoms with Gasteiger partial charge in [0.15, 0.2) is 5.82 Å². The topological polar surface area (TPSA) is 64.7 Å². The summed E-state index contributed by atoms with van der Waals surface area (Å²) in [5.41, 5.74) is -0.125. The zero-order valence-corrected chi connectivity index (χ0v) is 9.87. The molecule has 1 atom stereocenters. The highest BCUT2D eigenvalue weighted by atomic mass is 16.1. The normalized spacial score (nSPS) is 12.4. The summed E-state index contributed by atoms with van der Waals surface area (Å²) < 4.78 is 3.31. The lowest BCUT2D eigenvalue weighted by atomic mass is 10.3. The van der Waals surface area contributed by atoms with Crippen LogP contribution >= 0.6 is 0 Å². The van der Waals surface area contributed by atoms with Crippen LogP contribution in [0.2, 0.25) is 0 Å². The average molecular weight is 233 g/mol. The smallest absolute Gasteiger partial charge is 0.293 e. The van der Waals surface area contributed by atoms with Crippen LogP contribution in [0.5, 0.6) is 0 Å². The predicted octanol–water partition coefficient (Wildman–Crippen LogP) is 0.477. The number of aryl methyl sites for hydroxylation is 1. The molecular weight excluding hydrogens is 218 g/mol. The van der Waals surface area contributed by atoms with E-state index in [2.05, 4.69) is 15.4 Å². The highest BCUT2D eigenvalue weighted by molar-refractivity contribution is 5.31. The van der Waals surface area contributed by atoms with Gasteiger partial charge in [0.2, 0.25) is 0 Å². The number of aromatic nitrogens is 4. The van der Waals surface area contributed by atoms with E-state index in [4.69, 9.17) is 0 Å². The Morgan fingerprint density at radius 3 is 2.94 bits per heavy atom. The molecule has 0 amide bonds. The minimum Gasteiger partial charge on any atom is -0.361 e. The summed E-state index contributed by atoms with van der Waals surface area (Å²) in [5, 5.41) is 7.19. The molecule has 0 saturated heterocycles. The van der Waals surface area contributed by atoms with Gasteiger partial charge in [0.1, 0.15) is 0 Å². The molecular formula is C11H15N5O. The van der Waals surface area contributed by atoms with E-state index in [0.717, 1.165) is 0 Å². The Bertz CT molecular complexity index is 531. The van der Waals surface area contributed by atoms with E-state index in [1.165, 1.54) is 4.57 Å². The van der Waals surface area contributed by atoms with Gasteiger partial charge in [0.05, 0.1) is 6.54 Å². The van der Waals surface area contributed by atoms with E-state index in [0.29, 0.717) is 12.4 Å². The molecule has 0 aliphatic rings. The van der Waals surface area contributed by atoms with E-state index in [1.807, 2.05) is 23.9 Å². The van der Waals surface area contributed by atoms with Crippen LogP contribution in [0.4, 0.5) is 5.82 Å². The van der Waals surface area contributed by atoms with Gasteiger partial charge in [0.25, 0.3) is 5.56 Å². The first-order valence-corrected chi connectivity index (χ1v) is 5.42. The molecule has 2 aromatic heterocycles. The van der Waals surface area contributed by atoms with Crippen LogP contribution in [0.25, 0.3) is 0 Å². The molecule has 1 N–H and O–H groups in total. The molecule has 0 fully saturated rings. The van der Waals surface area contributed by atoms with Gasteiger partial charge in [-0.25, -0.2) is 4.98 Å². The second kappa shape index (κ2) is 4.82.